The summed E-state index contributed by atoms with van der Waals surface area (Å²) >= 11 is 0. The highest BCUT2D eigenvalue weighted by atomic mass is 19.1. The maximum atomic E-state index is 12.8. The van der Waals surface area contributed by atoms with Crippen LogP contribution in [0, 0.1) is 0 Å². The van der Waals surface area contributed by atoms with E-state index in [1.54, 1.807) is 19.1 Å². The van der Waals surface area contributed by atoms with Crippen molar-refractivity contribution >= 4 is 0 Å². The van der Waals surface area contributed by atoms with Crippen LogP contribution in [0.3, 0.4) is 0 Å². The van der Waals surface area contributed by atoms with Gasteiger partial charge >= 0.3 is 0 Å². The standard InChI is InChI=1S/C9H11F/c1-7-3-5-8(2)9(10)6-4-7/h3-6,9H,1-2H3. The highest BCUT2D eigenvalue weighted by Gasteiger charge is 2.04. The lowest BCUT2D eigenvalue weighted by Crippen LogP contribution is -1.94. The Balaban J connectivity index is 2.88. The van der Waals surface area contributed by atoms with Gasteiger partial charge in [0.15, 0.2) is 0 Å². The third kappa shape index (κ3) is 1.56. The van der Waals surface area contributed by atoms with Gasteiger partial charge in [-0.15, -0.1) is 0 Å². The van der Waals surface area contributed by atoms with Crippen LogP contribution in [-0.4, -0.2) is 6.17 Å². The average molecular weight is 138 g/mol. The van der Waals surface area contributed by atoms with E-state index in [2.05, 4.69) is 0 Å². The average Bonchev–Trinajstić information content (AvgIpc) is 2.04. The maximum Gasteiger partial charge on any atom is 0.140 e. The molecule has 10 heavy (non-hydrogen) atoms. The zero-order valence-corrected chi connectivity index (χ0v) is 6.26. The molecule has 1 aliphatic rings. The topological polar surface area (TPSA) is 0 Å². The van der Waals surface area contributed by atoms with E-state index in [0.29, 0.717) is 0 Å². The molecule has 0 saturated heterocycles. The molecule has 0 fully saturated rings. The van der Waals surface area contributed by atoms with Crippen molar-refractivity contribution in [3.05, 3.63) is 35.5 Å². The molecule has 0 aromatic rings. The summed E-state index contributed by atoms with van der Waals surface area (Å²) in [5.74, 6) is 0. The Hall–Kier alpha value is -0.850. The van der Waals surface area contributed by atoms with Gasteiger partial charge in [0.2, 0.25) is 0 Å². The van der Waals surface area contributed by atoms with Crippen LogP contribution >= 0.6 is 0 Å². The van der Waals surface area contributed by atoms with Crippen LogP contribution < -0.4 is 0 Å². The van der Waals surface area contributed by atoms with Gasteiger partial charge in [-0.2, -0.15) is 0 Å². The van der Waals surface area contributed by atoms with Gasteiger partial charge in [-0.25, -0.2) is 4.39 Å². The lowest BCUT2D eigenvalue weighted by molar-refractivity contribution is 0.450. The third-order valence-corrected chi connectivity index (χ3v) is 1.57. The van der Waals surface area contributed by atoms with Crippen molar-refractivity contribution < 1.29 is 4.39 Å². The smallest absolute Gasteiger partial charge is 0.140 e. The Morgan fingerprint density at radius 1 is 1.30 bits per heavy atom. The van der Waals surface area contributed by atoms with Crippen molar-refractivity contribution in [3.63, 3.8) is 0 Å². The predicted molar refractivity (Wildman–Crippen MR) is 41.6 cm³/mol. The number of hydrogen-bond donors (Lipinski definition) is 0. The highest BCUT2D eigenvalue weighted by Crippen LogP contribution is 2.13. The van der Waals surface area contributed by atoms with Gasteiger partial charge in [-0.1, -0.05) is 23.8 Å². The second kappa shape index (κ2) is 2.82. The second-order valence-corrected chi connectivity index (χ2v) is 2.58. The number of hydrogen-bond acceptors (Lipinski definition) is 0. The molecule has 1 rings (SSSR count). The first-order valence-corrected chi connectivity index (χ1v) is 3.37. The van der Waals surface area contributed by atoms with E-state index >= 15 is 0 Å². The van der Waals surface area contributed by atoms with Crippen LogP contribution in [0.4, 0.5) is 4.39 Å². The van der Waals surface area contributed by atoms with Gasteiger partial charge in [-0.05, 0) is 25.5 Å². The molecule has 0 nitrogen and oxygen atoms in total. The van der Waals surface area contributed by atoms with E-state index in [4.69, 9.17) is 0 Å². The van der Waals surface area contributed by atoms with Crippen molar-refractivity contribution in [2.24, 2.45) is 0 Å². The Kier molecular flexibility index (Phi) is 2.05. The van der Waals surface area contributed by atoms with Crippen molar-refractivity contribution in [1.82, 2.24) is 0 Å². The molecule has 0 amide bonds. The number of alkyl halides is 1. The van der Waals surface area contributed by atoms with Crippen LogP contribution in [0.25, 0.3) is 0 Å². The fourth-order valence-electron chi connectivity index (χ4n) is 0.798. The van der Waals surface area contributed by atoms with E-state index in [-0.39, 0.29) is 0 Å². The Morgan fingerprint density at radius 2 is 2.00 bits per heavy atom. The highest BCUT2D eigenvalue weighted by molar-refractivity contribution is 5.31. The quantitative estimate of drug-likeness (QED) is 0.483. The second-order valence-electron chi connectivity index (χ2n) is 2.58. The summed E-state index contributed by atoms with van der Waals surface area (Å²) in [5.41, 5.74) is 1.87. The molecule has 0 heterocycles. The molecular formula is C9H11F. The summed E-state index contributed by atoms with van der Waals surface area (Å²) in [6, 6.07) is 0. The largest absolute Gasteiger partial charge is 0.238 e. The number of allylic oxidation sites excluding steroid dienone is 6. The molecule has 0 aliphatic heterocycles. The van der Waals surface area contributed by atoms with Gasteiger partial charge in [0.1, 0.15) is 6.17 Å². The van der Waals surface area contributed by atoms with Crippen molar-refractivity contribution in [3.8, 4) is 0 Å². The first-order chi connectivity index (χ1) is 4.70. The molecule has 1 aliphatic carbocycles. The minimum absolute atomic E-state index is 0.771. The first-order valence-electron chi connectivity index (χ1n) is 3.37. The summed E-state index contributed by atoms with van der Waals surface area (Å²) < 4.78 is 12.8. The zero-order chi connectivity index (χ0) is 7.56. The summed E-state index contributed by atoms with van der Waals surface area (Å²) in [4.78, 5) is 0. The number of halogens is 1. The van der Waals surface area contributed by atoms with E-state index in [9.17, 15) is 4.39 Å². The predicted octanol–water partition coefficient (Wildman–Crippen LogP) is 2.79. The van der Waals surface area contributed by atoms with Gasteiger partial charge in [-0.3, -0.25) is 0 Å². The Labute approximate surface area is 60.7 Å². The molecular weight excluding hydrogens is 127 g/mol. The van der Waals surface area contributed by atoms with Gasteiger partial charge in [0, 0.05) is 0 Å². The van der Waals surface area contributed by atoms with Crippen LogP contribution in [0.5, 0.6) is 0 Å². The molecule has 1 heteroatoms. The van der Waals surface area contributed by atoms with E-state index in [1.807, 2.05) is 19.1 Å². The SMILES string of the molecule is CC1=CC=C(C)C(F)C=C1. The van der Waals surface area contributed by atoms with Crippen molar-refractivity contribution in [2.75, 3.05) is 0 Å². The molecule has 54 valence electrons. The molecule has 0 radical (unpaired) electrons. The Morgan fingerprint density at radius 3 is 2.70 bits per heavy atom. The van der Waals surface area contributed by atoms with Gasteiger partial charge in [0.05, 0.1) is 0 Å². The van der Waals surface area contributed by atoms with E-state index < -0.39 is 6.17 Å². The van der Waals surface area contributed by atoms with Gasteiger partial charge < -0.3 is 0 Å². The molecule has 0 N–H and O–H groups in total. The monoisotopic (exact) mass is 138 g/mol. The summed E-state index contributed by atoms with van der Waals surface area (Å²) in [6.07, 6.45) is 6.22. The zero-order valence-electron chi connectivity index (χ0n) is 6.26. The Bertz CT molecular complexity index is 209. The first kappa shape index (κ1) is 7.26. The third-order valence-electron chi connectivity index (χ3n) is 1.57. The number of rotatable bonds is 0. The minimum Gasteiger partial charge on any atom is -0.238 e. The van der Waals surface area contributed by atoms with Crippen LogP contribution in [0.2, 0.25) is 0 Å². The minimum atomic E-state index is -0.895. The maximum absolute atomic E-state index is 12.8. The molecule has 0 aromatic heterocycles. The fourth-order valence-corrected chi connectivity index (χ4v) is 0.798. The van der Waals surface area contributed by atoms with Crippen LogP contribution in [0.15, 0.2) is 35.5 Å². The van der Waals surface area contributed by atoms with E-state index in [1.165, 1.54) is 0 Å². The van der Waals surface area contributed by atoms with Crippen molar-refractivity contribution in [1.29, 1.82) is 0 Å². The van der Waals surface area contributed by atoms with Crippen LogP contribution in [0.1, 0.15) is 13.8 Å². The van der Waals surface area contributed by atoms with E-state index in [0.717, 1.165) is 11.1 Å². The molecule has 0 aromatic carbocycles. The van der Waals surface area contributed by atoms with Crippen molar-refractivity contribution in [2.45, 2.75) is 20.0 Å². The molecule has 0 bridgehead atoms. The lowest BCUT2D eigenvalue weighted by atomic mass is 10.2. The summed E-state index contributed by atoms with van der Waals surface area (Å²) in [6.45, 7) is 3.75. The normalized spacial score (nSPS) is 25.3. The molecule has 1 atom stereocenters. The van der Waals surface area contributed by atoms with Gasteiger partial charge in [0.25, 0.3) is 0 Å². The lowest BCUT2D eigenvalue weighted by Gasteiger charge is -1.98. The molecule has 1 unspecified atom stereocenters. The molecule has 0 saturated carbocycles. The fraction of sp³-hybridized carbons (Fsp3) is 0.333. The summed E-state index contributed by atoms with van der Waals surface area (Å²) in [7, 11) is 0. The van der Waals surface area contributed by atoms with Crippen LogP contribution in [-0.2, 0) is 0 Å². The molecule has 0 spiro atoms. The summed E-state index contributed by atoms with van der Waals surface area (Å²) in [5, 5.41) is 0.